The van der Waals surface area contributed by atoms with E-state index in [9.17, 15) is 22.8 Å². The number of methoxy groups -OCH3 is 2. The molecule has 10 heteroatoms. The van der Waals surface area contributed by atoms with Crippen LogP contribution >= 0.6 is 0 Å². The summed E-state index contributed by atoms with van der Waals surface area (Å²) in [6, 6.07) is 5.19. The molecule has 1 atom stereocenters. The first-order valence-electron chi connectivity index (χ1n) is 7.16. The lowest BCUT2D eigenvalue weighted by Gasteiger charge is -2.30. The average molecular weight is 369 g/mol. The van der Waals surface area contributed by atoms with Crippen molar-refractivity contribution in [2.75, 3.05) is 14.2 Å². The number of carbonyl (C=O) groups excluding carboxylic acids is 2. The molecule has 0 saturated heterocycles. The summed E-state index contributed by atoms with van der Waals surface area (Å²) < 4.78 is 51.2. The molecule has 2 rings (SSSR count). The maximum Gasteiger partial charge on any atom is 0.425 e. The second-order valence-electron chi connectivity index (χ2n) is 5.33. The topological polar surface area (TPSA) is 100 Å². The number of alkyl halides is 3. The largest absolute Gasteiger partial charge is 0.497 e. The minimum absolute atomic E-state index is 0.0585. The van der Waals surface area contributed by atoms with E-state index in [0.717, 1.165) is 6.92 Å². The molecule has 0 radical (unpaired) electrons. The van der Waals surface area contributed by atoms with Gasteiger partial charge in [-0.2, -0.15) is 18.4 Å². The third kappa shape index (κ3) is 2.81. The van der Waals surface area contributed by atoms with Crippen LogP contribution in [-0.2, 0) is 4.79 Å². The van der Waals surface area contributed by atoms with E-state index in [1.807, 2.05) is 5.32 Å². The average Bonchev–Trinajstić information content (AvgIpc) is 2.83. The molecule has 0 bridgehead atoms. The lowest BCUT2D eigenvalue weighted by molar-refractivity contribution is -0.184. The van der Waals surface area contributed by atoms with Gasteiger partial charge in [0.1, 0.15) is 11.5 Å². The van der Waals surface area contributed by atoms with Crippen LogP contribution in [0.2, 0.25) is 0 Å². The number of ether oxygens (including phenoxy) is 2. The van der Waals surface area contributed by atoms with E-state index in [-0.39, 0.29) is 17.0 Å². The van der Waals surface area contributed by atoms with Crippen molar-refractivity contribution < 1.29 is 32.2 Å². The first-order valence-corrected chi connectivity index (χ1v) is 7.16. The normalized spacial score (nSPS) is 19.7. The number of hydrogen-bond donors (Lipinski definition) is 2. The van der Waals surface area contributed by atoms with E-state index in [1.165, 1.54) is 38.5 Å². The van der Waals surface area contributed by atoms with Crippen molar-refractivity contribution in [3.05, 3.63) is 35.0 Å². The monoisotopic (exact) mass is 369 g/mol. The molecular formula is C16H14F3N3O4. The van der Waals surface area contributed by atoms with E-state index in [0.29, 0.717) is 5.75 Å². The highest BCUT2D eigenvalue weighted by Gasteiger charge is 2.67. The molecule has 1 aromatic rings. The predicted octanol–water partition coefficient (Wildman–Crippen LogP) is 1.66. The van der Waals surface area contributed by atoms with Crippen molar-refractivity contribution in [3.8, 4) is 17.6 Å². The fourth-order valence-corrected chi connectivity index (χ4v) is 2.57. The van der Waals surface area contributed by atoms with Gasteiger partial charge in [0.15, 0.2) is 0 Å². The Hall–Kier alpha value is -3.22. The van der Waals surface area contributed by atoms with Gasteiger partial charge in [0, 0.05) is 11.8 Å². The summed E-state index contributed by atoms with van der Waals surface area (Å²) in [6.45, 7) is 1.14. The molecular weight excluding hydrogens is 355 g/mol. The Morgan fingerprint density at radius 3 is 2.46 bits per heavy atom. The lowest BCUT2D eigenvalue weighted by atomic mass is 9.89. The minimum Gasteiger partial charge on any atom is -0.497 e. The highest BCUT2D eigenvalue weighted by Crippen LogP contribution is 2.41. The molecule has 0 unspecified atom stereocenters. The highest BCUT2D eigenvalue weighted by molar-refractivity contribution is 6.05. The fourth-order valence-electron chi connectivity index (χ4n) is 2.57. The third-order valence-electron chi connectivity index (χ3n) is 3.88. The summed E-state index contributed by atoms with van der Waals surface area (Å²) in [5.41, 5.74) is -4.94. The molecule has 1 aromatic carbocycles. The molecule has 138 valence electrons. The summed E-state index contributed by atoms with van der Waals surface area (Å²) >= 11 is 0. The van der Waals surface area contributed by atoms with Crippen LogP contribution in [0.3, 0.4) is 0 Å². The number of amides is 2. The first kappa shape index (κ1) is 19.1. The summed E-state index contributed by atoms with van der Waals surface area (Å²) in [5.74, 6) is -2.54. The number of nitrogens with one attached hydrogen (secondary N) is 2. The fraction of sp³-hybridized carbons (Fsp3) is 0.312. The maximum atomic E-state index is 13.7. The van der Waals surface area contributed by atoms with Crippen molar-refractivity contribution in [3.63, 3.8) is 0 Å². The molecule has 1 aliphatic rings. The van der Waals surface area contributed by atoms with Crippen molar-refractivity contribution >= 4 is 11.8 Å². The van der Waals surface area contributed by atoms with Gasteiger partial charge in [-0.1, -0.05) is 0 Å². The van der Waals surface area contributed by atoms with Gasteiger partial charge < -0.3 is 20.1 Å². The molecule has 0 aliphatic carbocycles. The van der Waals surface area contributed by atoms with E-state index < -0.39 is 29.1 Å². The zero-order valence-electron chi connectivity index (χ0n) is 13.9. The lowest BCUT2D eigenvalue weighted by Crippen LogP contribution is -2.64. The third-order valence-corrected chi connectivity index (χ3v) is 3.88. The Kier molecular flexibility index (Phi) is 4.84. The SMILES string of the molecule is COc1ccc(C(=O)N[C@@]2(C(F)(F)F)C(=O)NC(C)=C2C#N)c(OC)c1. The van der Waals surface area contributed by atoms with E-state index in [4.69, 9.17) is 14.7 Å². The van der Waals surface area contributed by atoms with Crippen LogP contribution in [0.25, 0.3) is 0 Å². The summed E-state index contributed by atoms with van der Waals surface area (Å²) in [6.07, 6.45) is -5.24. The number of rotatable bonds is 4. The van der Waals surface area contributed by atoms with Gasteiger partial charge in [0.25, 0.3) is 17.4 Å². The van der Waals surface area contributed by atoms with Gasteiger partial charge in [-0.05, 0) is 19.1 Å². The van der Waals surface area contributed by atoms with Crippen LogP contribution in [0, 0.1) is 11.3 Å². The van der Waals surface area contributed by atoms with E-state index in [1.54, 1.807) is 5.32 Å². The van der Waals surface area contributed by atoms with Gasteiger partial charge >= 0.3 is 6.18 Å². The number of allylic oxidation sites excluding steroid dienone is 1. The van der Waals surface area contributed by atoms with Crippen LogP contribution in [0.15, 0.2) is 29.5 Å². The molecule has 7 nitrogen and oxygen atoms in total. The van der Waals surface area contributed by atoms with Crippen LogP contribution in [0.5, 0.6) is 11.5 Å². The minimum atomic E-state index is -5.24. The Labute approximate surface area is 146 Å². The van der Waals surface area contributed by atoms with Crippen molar-refractivity contribution in [1.29, 1.82) is 5.26 Å². The van der Waals surface area contributed by atoms with Crippen LogP contribution < -0.4 is 20.1 Å². The predicted molar refractivity (Wildman–Crippen MR) is 82.3 cm³/mol. The zero-order valence-corrected chi connectivity index (χ0v) is 13.9. The number of halogens is 3. The van der Waals surface area contributed by atoms with Gasteiger partial charge in [-0.25, -0.2) is 0 Å². The molecule has 0 fully saturated rings. The first-order chi connectivity index (χ1) is 12.1. The molecule has 1 heterocycles. The summed E-state index contributed by atoms with van der Waals surface area (Å²) in [5, 5.41) is 12.7. The van der Waals surface area contributed by atoms with Crippen LogP contribution in [0.1, 0.15) is 17.3 Å². The molecule has 0 saturated carbocycles. The molecule has 0 aromatic heterocycles. The quantitative estimate of drug-likeness (QED) is 0.841. The number of hydrogen-bond acceptors (Lipinski definition) is 5. The molecule has 26 heavy (non-hydrogen) atoms. The van der Waals surface area contributed by atoms with Crippen molar-refractivity contribution in [1.82, 2.24) is 10.6 Å². The van der Waals surface area contributed by atoms with E-state index in [2.05, 4.69) is 0 Å². The number of benzene rings is 1. The van der Waals surface area contributed by atoms with Crippen LogP contribution in [-0.4, -0.2) is 37.7 Å². The smallest absolute Gasteiger partial charge is 0.425 e. The number of nitriles is 1. The Morgan fingerprint density at radius 1 is 1.31 bits per heavy atom. The second kappa shape index (κ2) is 6.59. The zero-order chi connectivity index (χ0) is 19.7. The summed E-state index contributed by atoms with van der Waals surface area (Å²) in [7, 11) is 2.58. The second-order valence-corrected chi connectivity index (χ2v) is 5.33. The Morgan fingerprint density at radius 2 is 1.96 bits per heavy atom. The Balaban J connectivity index is 2.54. The van der Waals surface area contributed by atoms with Gasteiger partial charge in [-0.3, -0.25) is 9.59 Å². The van der Waals surface area contributed by atoms with Gasteiger partial charge in [0.05, 0.1) is 31.4 Å². The van der Waals surface area contributed by atoms with Gasteiger partial charge in [0.2, 0.25) is 0 Å². The Bertz CT molecular complexity index is 842. The molecule has 0 spiro atoms. The maximum absolute atomic E-state index is 13.7. The van der Waals surface area contributed by atoms with Gasteiger partial charge in [-0.15, -0.1) is 0 Å². The van der Waals surface area contributed by atoms with Crippen molar-refractivity contribution in [2.24, 2.45) is 0 Å². The standard InChI is InChI=1S/C16H14F3N3O4/c1-8-11(7-20)15(14(24)21-8,16(17,18)19)22-13(23)10-5-4-9(25-2)6-12(10)26-3/h4-6H,1-3H3,(H,21,24)(H,22,23)/t15-/m1/s1. The number of nitrogens with zero attached hydrogens (tertiary/aromatic N) is 1. The molecule has 1 aliphatic heterocycles. The van der Waals surface area contributed by atoms with Crippen LogP contribution in [0.4, 0.5) is 13.2 Å². The summed E-state index contributed by atoms with van der Waals surface area (Å²) in [4.78, 5) is 24.6. The van der Waals surface area contributed by atoms with E-state index >= 15 is 0 Å². The number of carbonyl (C=O) groups is 2. The molecule has 2 amide bonds. The highest BCUT2D eigenvalue weighted by atomic mass is 19.4. The molecule has 2 N–H and O–H groups in total. The van der Waals surface area contributed by atoms with Crippen molar-refractivity contribution in [2.45, 2.75) is 18.6 Å².